The van der Waals surface area contributed by atoms with Crippen molar-refractivity contribution in [2.75, 3.05) is 5.32 Å². The van der Waals surface area contributed by atoms with E-state index in [0.29, 0.717) is 16.7 Å². The molecule has 0 saturated carbocycles. The molecule has 0 bridgehead atoms. The van der Waals surface area contributed by atoms with Crippen molar-refractivity contribution in [1.29, 1.82) is 0 Å². The van der Waals surface area contributed by atoms with E-state index in [2.05, 4.69) is 10.6 Å². The summed E-state index contributed by atoms with van der Waals surface area (Å²) in [5.41, 5.74) is 2.19. The summed E-state index contributed by atoms with van der Waals surface area (Å²) in [7, 11) is 0. The van der Waals surface area contributed by atoms with Crippen molar-refractivity contribution in [1.82, 2.24) is 5.32 Å². The first kappa shape index (κ1) is 15.0. The molecule has 122 valence electrons. The lowest BCUT2D eigenvalue weighted by atomic mass is 9.95. The maximum Gasteiger partial charge on any atom is 0.260 e. The van der Waals surface area contributed by atoms with E-state index in [1.807, 2.05) is 24.3 Å². The molecule has 0 radical (unpaired) electrons. The normalized spacial score (nSPS) is 15.1. The van der Waals surface area contributed by atoms with Crippen LogP contribution in [0.3, 0.4) is 0 Å². The van der Waals surface area contributed by atoms with Crippen LogP contribution in [0, 0.1) is 0 Å². The van der Waals surface area contributed by atoms with Gasteiger partial charge in [0.2, 0.25) is 0 Å². The molecule has 3 N–H and O–H groups in total. The van der Waals surface area contributed by atoms with Crippen molar-refractivity contribution < 1.29 is 14.7 Å². The number of carbonyl (C=O) groups is 2. The van der Waals surface area contributed by atoms with Crippen LogP contribution in [0.5, 0.6) is 5.75 Å². The van der Waals surface area contributed by atoms with Gasteiger partial charge in [-0.2, -0.15) is 0 Å². The lowest BCUT2D eigenvalue weighted by Gasteiger charge is -2.18. The van der Waals surface area contributed by atoms with Crippen LogP contribution in [0.1, 0.15) is 15.9 Å². The second-order valence-corrected chi connectivity index (χ2v) is 5.71. The number of hydrogen-bond acceptors (Lipinski definition) is 4. The van der Waals surface area contributed by atoms with Crippen molar-refractivity contribution >= 4 is 33.8 Å². The van der Waals surface area contributed by atoms with E-state index in [0.717, 1.165) is 16.5 Å². The molecule has 0 aliphatic carbocycles. The number of phenols is 1. The minimum absolute atomic E-state index is 0.195. The molecular formula is C20H14N2O3. The average Bonchev–Trinajstić information content (AvgIpc) is 2.62. The number of nitrogens with one attached hydrogen (secondary N) is 2. The fraction of sp³-hybridized carbons (Fsp3) is 0. The second-order valence-electron chi connectivity index (χ2n) is 5.71. The summed E-state index contributed by atoms with van der Waals surface area (Å²) in [4.78, 5) is 24.1. The van der Waals surface area contributed by atoms with Gasteiger partial charge < -0.3 is 10.4 Å². The summed E-state index contributed by atoms with van der Waals surface area (Å²) in [5, 5.41) is 17.0. The van der Waals surface area contributed by atoms with Crippen LogP contribution >= 0.6 is 0 Å². The molecule has 0 fully saturated rings. The Morgan fingerprint density at radius 1 is 0.800 bits per heavy atom. The minimum atomic E-state index is -0.445. The summed E-state index contributed by atoms with van der Waals surface area (Å²) in [5.74, 6) is -0.646. The van der Waals surface area contributed by atoms with Crippen molar-refractivity contribution in [3.63, 3.8) is 0 Å². The quantitative estimate of drug-likeness (QED) is 0.498. The molecule has 0 spiro atoms. The Bertz CT molecular complexity index is 1050. The highest BCUT2D eigenvalue weighted by molar-refractivity contribution is 6.31. The Hall–Kier alpha value is -3.60. The molecule has 4 rings (SSSR count). The first-order valence-electron chi connectivity index (χ1n) is 7.77. The van der Waals surface area contributed by atoms with Crippen molar-refractivity contribution in [3.8, 4) is 5.75 Å². The average molecular weight is 330 g/mol. The molecule has 1 aliphatic heterocycles. The first-order valence-corrected chi connectivity index (χ1v) is 7.77. The number of carbonyl (C=O) groups excluding carboxylic acids is 2. The Morgan fingerprint density at radius 3 is 2.36 bits per heavy atom. The lowest BCUT2D eigenvalue weighted by Crippen LogP contribution is -2.36. The minimum Gasteiger partial charge on any atom is -0.507 e. The van der Waals surface area contributed by atoms with Gasteiger partial charge in [0.05, 0.1) is 5.57 Å². The highest BCUT2D eigenvalue weighted by Gasteiger charge is 2.26. The molecular weight excluding hydrogens is 316 g/mol. The largest absolute Gasteiger partial charge is 0.507 e. The zero-order chi connectivity index (χ0) is 17.4. The number of anilines is 1. The number of phenolic OH excluding ortho intramolecular Hbond substituents is 1. The highest BCUT2D eigenvalue weighted by atomic mass is 16.3. The Kier molecular flexibility index (Phi) is 3.47. The SMILES string of the molecule is O=C1NC(=O)c2ccccc2/C1=C/Nc1cccc2c(O)cccc12. The molecule has 3 aromatic rings. The van der Waals surface area contributed by atoms with Crippen LogP contribution in [0.4, 0.5) is 5.69 Å². The van der Waals surface area contributed by atoms with Crippen LogP contribution in [0.15, 0.2) is 66.9 Å². The van der Waals surface area contributed by atoms with Gasteiger partial charge in [0.25, 0.3) is 11.8 Å². The summed E-state index contributed by atoms with van der Waals surface area (Å²) >= 11 is 0. The van der Waals surface area contributed by atoms with Crippen LogP contribution in [0.25, 0.3) is 16.3 Å². The van der Waals surface area contributed by atoms with E-state index < -0.39 is 11.8 Å². The zero-order valence-corrected chi connectivity index (χ0v) is 13.1. The van der Waals surface area contributed by atoms with E-state index in [9.17, 15) is 14.7 Å². The summed E-state index contributed by atoms with van der Waals surface area (Å²) in [6, 6.07) is 17.7. The Morgan fingerprint density at radius 2 is 1.52 bits per heavy atom. The topological polar surface area (TPSA) is 78.4 Å². The van der Waals surface area contributed by atoms with E-state index in [4.69, 9.17) is 0 Å². The van der Waals surface area contributed by atoms with Crippen molar-refractivity contribution in [3.05, 3.63) is 78.0 Å². The molecule has 0 unspecified atom stereocenters. The molecule has 1 aliphatic rings. The predicted octanol–water partition coefficient (Wildman–Crippen LogP) is 3.27. The van der Waals surface area contributed by atoms with Gasteiger partial charge in [-0.25, -0.2) is 0 Å². The van der Waals surface area contributed by atoms with Gasteiger partial charge in [-0.15, -0.1) is 0 Å². The third kappa shape index (κ3) is 2.52. The third-order valence-electron chi connectivity index (χ3n) is 4.20. The third-order valence-corrected chi connectivity index (χ3v) is 4.20. The zero-order valence-electron chi connectivity index (χ0n) is 13.1. The molecule has 5 nitrogen and oxygen atoms in total. The van der Waals surface area contributed by atoms with Gasteiger partial charge in [0, 0.05) is 33.8 Å². The number of imide groups is 1. The monoisotopic (exact) mass is 330 g/mol. The molecule has 5 heteroatoms. The molecule has 1 heterocycles. The number of aromatic hydroxyl groups is 1. The predicted molar refractivity (Wildman–Crippen MR) is 96.1 cm³/mol. The van der Waals surface area contributed by atoms with E-state index in [1.165, 1.54) is 0 Å². The number of hydrogen-bond donors (Lipinski definition) is 3. The van der Waals surface area contributed by atoms with Gasteiger partial charge in [-0.1, -0.05) is 42.5 Å². The summed E-state index contributed by atoms with van der Waals surface area (Å²) in [6.45, 7) is 0. The van der Waals surface area contributed by atoms with Crippen molar-refractivity contribution in [2.24, 2.45) is 0 Å². The first-order chi connectivity index (χ1) is 12.1. The number of benzene rings is 3. The fourth-order valence-corrected chi connectivity index (χ4v) is 2.99. The van der Waals surface area contributed by atoms with E-state index >= 15 is 0 Å². The fourth-order valence-electron chi connectivity index (χ4n) is 2.99. The number of amides is 2. The van der Waals surface area contributed by atoms with Crippen LogP contribution in [-0.4, -0.2) is 16.9 Å². The lowest BCUT2D eigenvalue weighted by molar-refractivity contribution is -0.114. The van der Waals surface area contributed by atoms with Gasteiger partial charge >= 0.3 is 0 Å². The Labute approximate surface area is 143 Å². The van der Waals surface area contributed by atoms with Gasteiger partial charge in [0.15, 0.2) is 0 Å². The van der Waals surface area contributed by atoms with Crippen LogP contribution < -0.4 is 10.6 Å². The second kappa shape index (κ2) is 5.79. The Balaban J connectivity index is 1.78. The maximum absolute atomic E-state index is 12.2. The van der Waals surface area contributed by atoms with Crippen molar-refractivity contribution in [2.45, 2.75) is 0 Å². The maximum atomic E-state index is 12.2. The standard InChI is InChI=1S/C20H14N2O3/c23-18-10-4-7-13-14(18)8-3-9-17(13)21-11-16-12-5-1-2-6-15(12)19(24)22-20(16)25/h1-11,21,23H,(H,22,24,25)/b16-11-. The van der Waals surface area contributed by atoms with E-state index in [1.54, 1.807) is 42.6 Å². The number of fused-ring (bicyclic) bond motifs is 2. The number of rotatable bonds is 2. The van der Waals surface area contributed by atoms with Crippen LogP contribution in [-0.2, 0) is 4.79 Å². The molecule has 0 saturated heterocycles. The van der Waals surface area contributed by atoms with Gasteiger partial charge in [-0.05, 0) is 18.2 Å². The van der Waals surface area contributed by atoms with E-state index in [-0.39, 0.29) is 5.75 Å². The summed E-state index contributed by atoms with van der Waals surface area (Å²) in [6.07, 6.45) is 1.58. The molecule has 0 aromatic heterocycles. The van der Waals surface area contributed by atoms with Gasteiger partial charge in [-0.3, -0.25) is 14.9 Å². The summed E-state index contributed by atoms with van der Waals surface area (Å²) < 4.78 is 0. The molecule has 3 aromatic carbocycles. The molecule has 2 amide bonds. The smallest absolute Gasteiger partial charge is 0.260 e. The van der Waals surface area contributed by atoms with Gasteiger partial charge in [0.1, 0.15) is 5.75 Å². The molecule has 0 atom stereocenters. The highest BCUT2D eigenvalue weighted by Crippen LogP contribution is 2.30. The molecule has 25 heavy (non-hydrogen) atoms. The van der Waals surface area contributed by atoms with Crippen LogP contribution in [0.2, 0.25) is 0 Å².